The molecule has 0 spiro atoms. The van der Waals surface area contributed by atoms with Gasteiger partial charge in [0, 0.05) is 44.0 Å². The third-order valence-corrected chi connectivity index (χ3v) is 5.88. The highest BCUT2D eigenvalue weighted by Gasteiger charge is 2.27. The average molecular weight is 456 g/mol. The molecular formula is C26H25N5O3. The van der Waals surface area contributed by atoms with E-state index in [1.807, 2.05) is 71.6 Å². The van der Waals surface area contributed by atoms with Crippen molar-refractivity contribution >= 4 is 34.3 Å². The molecule has 2 heterocycles. The van der Waals surface area contributed by atoms with E-state index in [9.17, 15) is 4.79 Å². The average Bonchev–Trinajstić information content (AvgIpc) is 3.23. The Hall–Kier alpha value is -4.33. The number of hydrogen-bond donors (Lipinski definition) is 1. The van der Waals surface area contributed by atoms with E-state index in [1.54, 1.807) is 13.3 Å². The molecule has 0 atom stereocenters. The molecule has 34 heavy (non-hydrogen) atoms. The van der Waals surface area contributed by atoms with Gasteiger partial charge in [0.1, 0.15) is 5.75 Å². The van der Waals surface area contributed by atoms with E-state index < -0.39 is 5.97 Å². The molecule has 0 radical (unpaired) electrons. The van der Waals surface area contributed by atoms with Crippen molar-refractivity contribution < 1.29 is 14.3 Å². The van der Waals surface area contributed by atoms with Crippen molar-refractivity contribution in [2.24, 2.45) is 15.7 Å². The normalized spacial score (nSPS) is 17.8. The van der Waals surface area contributed by atoms with E-state index in [4.69, 9.17) is 15.2 Å². The molecule has 0 unspecified atom stereocenters. The monoisotopic (exact) mass is 455 g/mol. The molecular weight excluding hydrogens is 430 g/mol. The molecule has 2 N–H and O–H groups in total. The van der Waals surface area contributed by atoms with Gasteiger partial charge in [-0.1, -0.05) is 42.5 Å². The molecule has 2 aliphatic heterocycles. The van der Waals surface area contributed by atoms with Crippen molar-refractivity contribution in [1.29, 1.82) is 0 Å². The lowest BCUT2D eigenvalue weighted by Crippen LogP contribution is -2.49. The van der Waals surface area contributed by atoms with Crippen LogP contribution in [0.5, 0.6) is 5.75 Å². The van der Waals surface area contributed by atoms with Crippen LogP contribution in [-0.2, 0) is 9.53 Å². The summed E-state index contributed by atoms with van der Waals surface area (Å²) in [6.45, 7) is 2.73. The number of rotatable bonds is 4. The Bertz CT molecular complexity index is 1320. The molecule has 3 aromatic carbocycles. The van der Waals surface area contributed by atoms with Gasteiger partial charge in [0.25, 0.3) is 0 Å². The van der Waals surface area contributed by atoms with Crippen molar-refractivity contribution in [3.8, 4) is 5.75 Å². The molecule has 8 nitrogen and oxygen atoms in total. The zero-order valence-electron chi connectivity index (χ0n) is 18.8. The van der Waals surface area contributed by atoms with Crippen LogP contribution in [0.25, 0.3) is 10.8 Å². The second kappa shape index (κ2) is 9.27. The van der Waals surface area contributed by atoms with Gasteiger partial charge < -0.3 is 25.0 Å². The number of nitrogens with two attached hydrogens (primary N) is 1. The Morgan fingerprint density at radius 3 is 2.65 bits per heavy atom. The molecule has 8 heteroatoms. The lowest BCUT2D eigenvalue weighted by Gasteiger charge is -2.34. The predicted octanol–water partition coefficient (Wildman–Crippen LogP) is 3.26. The summed E-state index contributed by atoms with van der Waals surface area (Å²) in [6, 6.07) is 21.3. The summed E-state index contributed by atoms with van der Waals surface area (Å²) in [7, 11) is 1.62. The van der Waals surface area contributed by atoms with E-state index in [0.717, 1.165) is 27.8 Å². The molecule has 0 saturated carbocycles. The summed E-state index contributed by atoms with van der Waals surface area (Å²) in [5, 5.41) is 2.07. The standard InChI is InChI=1S/C26H25N5O3/c1-33-20-9-5-8-19(16-20)28-26(27)31-14-12-30(13-15-31)17-23-25(32)34-24(29-23)22-11-4-7-18-6-2-3-10-21(18)22/h2-11,16-17H,12-15H2,1H3,(H2,27,28). The minimum atomic E-state index is -0.440. The number of benzene rings is 3. The van der Waals surface area contributed by atoms with E-state index in [1.165, 1.54) is 0 Å². The summed E-state index contributed by atoms with van der Waals surface area (Å²) < 4.78 is 10.8. The molecule has 2 aliphatic rings. The zero-order valence-corrected chi connectivity index (χ0v) is 18.8. The number of esters is 1. The van der Waals surface area contributed by atoms with Gasteiger partial charge in [-0.25, -0.2) is 14.8 Å². The Morgan fingerprint density at radius 2 is 1.82 bits per heavy atom. The molecule has 172 valence electrons. The second-order valence-corrected chi connectivity index (χ2v) is 8.04. The van der Waals surface area contributed by atoms with Crippen LogP contribution in [0.1, 0.15) is 5.56 Å². The first-order chi connectivity index (χ1) is 16.6. The fraction of sp³-hybridized carbons (Fsp3) is 0.192. The number of cyclic esters (lactones) is 1. The van der Waals surface area contributed by atoms with Gasteiger partial charge in [-0.3, -0.25) is 0 Å². The number of carbonyl (C=O) groups excluding carboxylic acids is 1. The summed E-state index contributed by atoms with van der Waals surface area (Å²) in [4.78, 5) is 25.6. The second-order valence-electron chi connectivity index (χ2n) is 8.04. The molecule has 0 aliphatic carbocycles. The summed E-state index contributed by atoms with van der Waals surface area (Å²) >= 11 is 0. The highest BCUT2D eigenvalue weighted by molar-refractivity contribution is 6.16. The lowest BCUT2D eigenvalue weighted by atomic mass is 10.0. The molecule has 5 rings (SSSR count). The number of piperazine rings is 1. The van der Waals surface area contributed by atoms with E-state index in [2.05, 4.69) is 14.9 Å². The zero-order chi connectivity index (χ0) is 23.5. The highest BCUT2D eigenvalue weighted by atomic mass is 16.6. The van der Waals surface area contributed by atoms with E-state index in [0.29, 0.717) is 43.7 Å². The topological polar surface area (TPSA) is 92.8 Å². The number of fused-ring (bicyclic) bond motifs is 1. The molecule has 3 aromatic rings. The minimum Gasteiger partial charge on any atom is -0.497 e. The fourth-order valence-electron chi connectivity index (χ4n) is 4.06. The van der Waals surface area contributed by atoms with Crippen LogP contribution >= 0.6 is 0 Å². The number of nitrogens with zero attached hydrogens (tertiary/aromatic N) is 4. The summed E-state index contributed by atoms with van der Waals surface area (Å²) in [5.41, 5.74) is 8.08. The van der Waals surface area contributed by atoms with Crippen molar-refractivity contribution in [1.82, 2.24) is 9.80 Å². The van der Waals surface area contributed by atoms with Gasteiger partial charge in [-0.05, 0) is 29.0 Å². The van der Waals surface area contributed by atoms with Crippen LogP contribution in [0.4, 0.5) is 5.69 Å². The Balaban J connectivity index is 1.27. The van der Waals surface area contributed by atoms with Crippen molar-refractivity contribution in [2.75, 3.05) is 33.3 Å². The molecule has 0 aromatic heterocycles. The molecule has 1 saturated heterocycles. The Morgan fingerprint density at radius 1 is 1.06 bits per heavy atom. The first kappa shape index (κ1) is 21.5. The number of ether oxygens (including phenoxy) is 2. The maximum absolute atomic E-state index is 12.5. The summed E-state index contributed by atoms with van der Waals surface area (Å²) in [6.07, 6.45) is 1.77. The third kappa shape index (κ3) is 4.43. The third-order valence-electron chi connectivity index (χ3n) is 5.88. The predicted molar refractivity (Wildman–Crippen MR) is 132 cm³/mol. The van der Waals surface area contributed by atoms with Gasteiger partial charge in [0.05, 0.1) is 12.8 Å². The van der Waals surface area contributed by atoms with E-state index in [-0.39, 0.29) is 0 Å². The minimum absolute atomic E-state index is 0.300. The summed E-state index contributed by atoms with van der Waals surface area (Å²) in [5.74, 6) is 1.08. The number of aliphatic imine (C=N–C) groups is 2. The molecule has 1 fully saturated rings. The largest absolute Gasteiger partial charge is 0.497 e. The van der Waals surface area contributed by atoms with Crippen LogP contribution in [-0.4, -0.2) is 60.9 Å². The van der Waals surface area contributed by atoms with Crippen LogP contribution in [0.2, 0.25) is 0 Å². The molecule has 0 amide bonds. The quantitative estimate of drug-likeness (QED) is 0.281. The number of methoxy groups -OCH3 is 1. The van der Waals surface area contributed by atoms with E-state index >= 15 is 0 Å². The van der Waals surface area contributed by atoms with Crippen molar-refractivity contribution in [2.45, 2.75) is 0 Å². The lowest BCUT2D eigenvalue weighted by molar-refractivity contribution is -0.130. The Kier molecular flexibility index (Phi) is 5.86. The van der Waals surface area contributed by atoms with Gasteiger partial charge in [0.2, 0.25) is 5.90 Å². The van der Waals surface area contributed by atoms with Gasteiger partial charge in [-0.15, -0.1) is 0 Å². The van der Waals surface area contributed by atoms with Gasteiger partial charge >= 0.3 is 5.97 Å². The van der Waals surface area contributed by atoms with Crippen LogP contribution in [0.3, 0.4) is 0 Å². The number of guanidine groups is 1. The number of hydrogen-bond acceptors (Lipinski definition) is 6. The first-order valence-electron chi connectivity index (χ1n) is 11.1. The molecule has 0 bridgehead atoms. The Labute approximate surface area is 197 Å². The smallest absolute Gasteiger partial charge is 0.365 e. The van der Waals surface area contributed by atoms with Gasteiger partial charge in [-0.2, -0.15) is 0 Å². The maximum Gasteiger partial charge on any atom is 0.365 e. The van der Waals surface area contributed by atoms with Crippen LogP contribution < -0.4 is 10.5 Å². The number of carbonyl (C=O) groups is 1. The van der Waals surface area contributed by atoms with Crippen LogP contribution in [0, 0.1) is 0 Å². The van der Waals surface area contributed by atoms with Crippen molar-refractivity contribution in [3.05, 3.63) is 84.2 Å². The maximum atomic E-state index is 12.5. The first-order valence-corrected chi connectivity index (χ1v) is 11.1. The van der Waals surface area contributed by atoms with Crippen LogP contribution in [0.15, 0.2) is 88.6 Å². The SMILES string of the molecule is COc1cccc(N=C(N)N2CCN(C=C3N=C(c4cccc5ccccc45)OC3=O)CC2)c1. The van der Waals surface area contributed by atoms with Gasteiger partial charge in [0.15, 0.2) is 11.7 Å². The fourth-order valence-corrected chi connectivity index (χ4v) is 4.06. The highest BCUT2D eigenvalue weighted by Crippen LogP contribution is 2.24. The van der Waals surface area contributed by atoms with Crippen molar-refractivity contribution in [3.63, 3.8) is 0 Å².